The number of ether oxygens (including phenoxy) is 2. The number of nitrogens with one attached hydrogen (secondary N) is 2. The number of hydrogen-bond donors (Lipinski definition) is 2. The molecule has 0 aliphatic heterocycles. The number of para-hydroxylation sites is 2. The van der Waals surface area contributed by atoms with Gasteiger partial charge in [-0.1, -0.05) is 103 Å². The van der Waals surface area contributed by atoms with Crippen LogP contribution in [-0.4, -0.2) is 33.8 Å². The number of aromatic nitrogens is 4. The first-order valence-corrected chi connectivity index (χ1v) is 15.2. The molecule has 2 N–H and O–H groups in total. The normalized spacial score (nSPS) is 11.1. The van der Waals surface area contributed by atoms with E-state index >= 15 is 0 Å². The standard InChI is InChI=1S/C39H32N4O4/c1-46-31-24-23-28(25-32(31)47-2)33(34-36(26-15-7-3-8-16-26)40-42(38(34)44)29-19-11-5-12-20-29)35-37(27-17-9-4-10-18-27)41-43(39(35)45)30-21-13-6-14-22-30/h3-25,33,40-41H,1-2H3. The minimum atomic E-state index is -0.831. The highest BCUT2D eigenvalue weighted by atomic mass is 16.5. The molecular formula is C39H32N4O4. The summed E-state index contributed by atoms with van der Waals surface area (Å²) in [6.07, 6.45) is 0. The van der Waals surface area contributed by atoms with E-state index in [1.165, 1.54) is 9.36 Å². The average Bonchev–Trinajstić information content (AvgIpc) is 3.66. The number of nitrogens with zero attached hydrogens (tertiary/aromatic N) is 2. The van der Waals surface area contributed by atoms with Crippen LogP contribution in [0.2, 0.25) is 0 Å². The summed E-state index contributed by atoms with van der Waals surface area (Å²) in [5.74, 6) is 0.186. The van der Waals surface area contributed by atoms with Crippen molar-refractivity contribution < 1.29 is 9.47 Å². The van der Waals surface area contributed by atoms with Crippen molar-refractivity contribution in [3.63, 3.8) is 0 Å². The third-order valence-electron chi connectivity index (χ3n) is 8.32. The number of aromatic amines is 2. The van der Waals surface area contributed by atoms with E-state index in [9.17, 15) is 9.59 Å². The summed E-state index contributed by atoms with van der Waals surface area (Å²) >= 11 is 0. The summed E-state index contributed by atoms with van der Waals surface area (Å²) in [7, 11) is 3.14. The van der Waals surface area contributed by atoms with Crippen LogP contribution < -0.4 is 20.6 Å². The van der Waals surface area contributed by atoms with E-state index < -0.39 is 5.92 Å². The lowest BCUT2D eigenvalue weighted by Crippen LogP contribution is -2.25. The predicted molar refractivity (Wildman–Crippen MR) is 184 cm³/mol. The summed E-state index contributed by atoms with van der Waals surface area (Å²) < 4.78 is 14.4. The van der Waals surface area contributed by atoms with Crippen LogP contribution in [0.1, 0.15) is 22.6 Å². The topological polar surface area (TPSA) is 94.0 Å². The van der Waals surface area contributed by atoms with Gasteiger partial charge in [-0.15, -0.1) is 0 Å². The Balaban J connectivity index is 1.61. The molecule has 0 amide bonds. The quantitative estimate of drug-likeness (QED) is 0.179. The average molecular weight is 621 g/mol. The van der Waals surface area contributed by atoms with Crippen LogP contribution in [0.15, 0.2) is 149 Å². The molecule has 0 unspecified atom stereocenters. The lowest BCUT2D eigenvalue weighted by Gasteiger charge is -2.19. The molecule has 8 heteroatoms. The smallest absolute Gasteiger partial charge is 0.276 e. The van der Waals surface area contributed by atoms with Gasteiger partial charge < -0.3 is 9.47 Å². The van der Waals surface area contributed by atoms with Gasteiger partial charge >= 0.3 is 0 Å². The van der Waals surface area contributed by atoms with Gasteiger partial charge in [0.25, 0.3) is 11.1 Å². The fraction of sp³-hybridized carbons (Fsp3) is 0.0769. The number of rotatable bonds is 9. The number of benzene rings is 5. The van der Waals surface area contributed by atoms with Crippen molar-refractivity contribution in [1.82, 2.24) is 19.6 Å². The second kappa shape index (κ2) is 12.6. The van der Waals surface area contributed by atoms with Gasteiger partial charge in [-0.25, -0.2) is 9.36 Å². The van der Waals surface area contributed by atoms with Crippen molar-refractivity contribution in [2.24, 2.45) is 0 Å². The molecule has 0 spiro atoms. The second-order valence-corrected chi connectivity index (χ2v) is 11.0. The van der Waals surface area contributed by atoms with E-state index in [4.69, 9.17) is 9.47 Å². The van der Waals surface area contributed by atoms with Gasteiger partial charge in [-0.3, -0.25) is 19.8 Å². The van der Waals surface area contributed by atoms with Crippen LogP contribution >= 0.6 is 0 Å². The Morgan fingerprint density at radius 3 is 1.32 bits per heavy atom. The van der Waals surface area contributed by atoms with E-state index in [2.05, 4.69) is 10.2 Å². The summed E-state index contributed by atoms with van der Waals surface area (Å²) in [5, 5.41) is 6.80. The Bertz CT molecular complexity index is 2120. The second-order valence-electron chi connectivity index (χ2n) is 11.0. The van der Waals surface area contributed by atoms with Crippen molar-refractivity contribution in [3.8, 4) is 45.4 Å². The minimum absolute atomic E-state index is 0.277. The van der Waals surface area contributed by atoms with Gasteiger partial charge in [0, 0.05) is 5.92 Å². The van der Waals surface area contributed by atoms with Gasteiger partial charge in [0.2, 0.25) is 0 Å². The van der Waals surface area contributed by atoms with E-state index in [0.29, 0.717) is 51.0 Å². The molecule has 0 bridgehead atoms. The summed E-state index contributed by atoms with van der Waals surface area (Å²) in [6, 6.07) is 43.7. The van der Waals surface area contributed by atoms with Crippen molar-refractivity contribution in [1.29, 1.82) is 0 Å². The van der Waals surface area contributed by atoms with Crippen molar-refractivity contribution in [3.05, 3.63) is 177 Å². The van der Waals surface area contributed by atoms with E-state index in [1.54, 1.807) is 20.3 Å². The zero-order valence-electron chi connectivity index (χ0n) is 25.9. The molecule has 0 saturated heterocycles. The Labute approximate surface area is 271 Å². The molecule has 0 radical (unpaired) electrons. The molecule has 8 nitrogen and oxygen atoms in total. The van der Waals surface area contributed by atoms with Gasteiger partial charge in [-0.2, -0.15) is 0 Å². The molecule has 0 atom stereocenters. The third kappa shape index (κ3) is 5.36. The fourth-order valence-corrected chi connectivity index (χ4v) is 6.11. The Morgan fingerprint density at radius 2 is 0.915 bits per heavy atom. The molecule has 0 fully saturated rings. The lowest BCUT2D eigenvalue weighted by molar-refractivity contribution is 0.354. The molecule has 7 aromatic rings. The maximum absolute atomic E-state index is 14.8. The largest absolute Gasteiger partial charge is 0.493 e. The van der Waals surface area contributed by atoms with E-state index in [0.717, 1.165) is 11.1 Å². The number of hydrogen-bond acceptors (Lipinski definition) is 4. The van der Waals surface area contributed by atoms with Gasteiger partial charge in [0.15, 0.2) is 11.5 Å². The monoisotopic (exact) mass is 620 g/mol. The van der Waals surface area contributed by atoms with Gasteiger partial charge in [0.1, 0.15) is 0 Å². The maximum Gasteiger partial charge on any atom is 0.276 e. The predicted octanol–water partition coefficient (Wildman–Crippen LogP) is 7.18. The van der Waals surface area contributed by atoms with Crippen LogP contribution in [0.5, 0.6) is 11.5 Å². The number of methoxy groups -OCH3 is 2. The molecule has 0 saturated carbocycles. The summed E-state index contributed by atoms with van der Waals surface area (Å²) in [4.78, 5) is 29.6. The fourth-order valence-electron chi connectivity index (χ4n) is 6.11. The molecule has 7 rings (SSSR count). The minimum Gasteiger partial charge on any atom is -0.493 e. The molecule has 2 aromatic heterocycles. The van der Waals surface area contributed by atoms with Crippen LogP contribution in [0, 0.1) is 0 Å². The Hall–Kier alpha value is -6.28. The van der Waals surface area contributed by atoms with Crippen molar-refractivity contribution in [2.75, 3.05) is 14.2 Å². The summed E-state index contributed by atoms with van der Waals surface area (Å²) in [6.45, 7) is 0. The molecule has 0 aliphatic carbocycles. The van der Waals surface area contributed by atoms with Gasteiger partial charge in [-0.05, 0) is 53.1 Å². The van der Waals surface area contributed by atoms with E-state index in [-0.39, 0.29) is 11.1 Å². The molecule has 0 aliphatic rings. The molecule has 232 valence electrons. The summed E-state index contributed by atoms with van der Waals surface area (Å²) in [5.41, 5.74) is 5.12. The van der Waals surface area contributed by atoms with Crippen LogP contribution in [-0.2, 0) is 0 Å². The SMILES string of the molecule is COc1ccc(C(c2c(-c3ccccc3)[nH]n(-c3ccccc3)c2=O)c2c(-c3ccccc3)[nH]n(-c3ccccc3)c2=O)cc1OC. The van der Waals surface area contributed by atoms with Crippen molar-refractivity contribution in [2.45, 2.75) is 5.92 Å². The zero-order chi connectivity index (χ0) is 32.3. The number of H-pyrrole nitrogens is 2. The van der Waals surface area contributed by atoms with Gasteiger partial charge in [0.05, 0.1) is 48.1 Å². The van der Waals surface area contributed by atoms with Crippen LogP contribution in [0.3, 0.4) is 0 Å². The molecule has 47 heavy (non-hydrogen) atoms. The van der Waals surface area contributed by atoms with Crippen LogP contribution in [0.25, 0.3) is 33.9 Å². The maximum atomic E-state index is 14.8. The highest BCUT2D eigenvalue weighted by Crippen LogP contribution is 2.41. The first kappa shape index (κ1) is 29.4. The third-order valence-corrected chi connectivity index (χ3v) is 8.32. The molecular weight excluding hydrogens is 588 g/mol. The zero-order valence-corrected chi connectivity index (χ0v) is 25.9. The first-order chi connectivity index (χ1) is 23.1. The Morgan fingerprint density at radius 1 is 0.511 bits per heavy atom. The molecule has 5 aromatic carbocycles. The first-order valence-electron chi connectivity index (χ1n) is 15.2. The highest BCUT2D eigenvalue weighted by Gasteiger charge is 2.34. The molecule has 2 heterocycles. The van der Waals surface area contributed by atoms with Crippen molar-refractivity contribution >= 4 is 0 Å². The van der Waals surface area contributed by atoms with E-state index in [1.807, 2.05) is 133 Å². The highest BCUT2D eigenvalue weighted by molar-refractivity contribution is 5.72. The Kier molecular flexibility index (Phi) is 7.90. The van der Waals surface area contributed by atoms with Crippen LogP contribution in [0.4, 0.5) is 0 Å². The lowest BCUT2D eigenvalue weighted by atomic mass is 9.83.